The molecule has 0 saturated heterocycles. The molecule has 5 heteroatoms. The van der Waals surface area contributed by atoms with Crippen molar-refractivity contribution in [1.82, 2.24) is 19.9 Å². The zero-order valence-corrected chi connectivity index (χ0v) is 49.0. The Labute approximate surface area is 461 Å². The lowest BCUT2D eigenvalue weighted by Gasteiger charge is -2.29. The van der Waals surface area contributed by atoms with E-state index in [1.807, 2.05) is 0 Å². The number of unbranched alkanes of at least 4 members (excludes halogenated alkanes) is 24. The van der Waals surface area contributed by atoms with Gasteiger partial charge in [0.2, 0.25) is 0 Å². The van der Waals surface area contributed by atoms with Crippen molar-refractivity contribution in [3.8, 4) is 11.5 Å². The number of hydrogen-bond donors (Lipinski definition) is 0. The van der Waals surface area contributed by atoms with Gasteiger partial charge >= 0.3 is 0 Å². The van der Waals surface area contributed by atoms with E-state index in [1.54, 1.807) is 0 Å². The third-order valence-electron chi connectivity index (χ3n) is 17.6. The maximum atomic E-state index is 7.26. The topological polar surface area (TPSA) is 60.8 Å². The summed E-state index contributed by atoms with van der Waals surface area (Å²) in [6.07, 6.45) is 62.6. The van der Waals surface area contributed by atoms with Gasteiger partial charge in [0.1, 0.15) is 23.1 Å². The molecule has 2 heterocycles. The van der Waals surface area contributed by atoms with Crippen molar-refractivity contribution >= 4 is 0 Å². The Hall–Kier alpha value is -3.60. The normalized spacial score (nSPS) is 17.9. The van der Waals surface area contributed by atoms with Crippen LogP contribution in [0.15, 0.2) is 61.2 Å². The molecule has 0 aliphatic heterocycles. The van der Waals surface area contributed by atoms with Gasteiger partial charge in [0, 0.05) is 36.6 Å². The monoisotopic (exact) mass is 1020 g/mol. The summed E-state index contributed by atoms with van der Waals surface area (Å²) in [6, 6.07) is 14.5. The molecule has 2 aromatic carbocycles. The van der Waals surface area contributed by atoms with E-state index < -0.39 is 0 Å². The smallest absolute Gasteiger partial charge is 0.131 e. The molecule has 416 valence electrons. The number of nitrogens with zero attached hydrogens (tertiary/aromatic N) is 4. The molecule has 0 unspecified atom stereocenters. The molecule has 0 spiro atoms. The van der Waals surface area contributed by atoms with Crippen LogP contribution in [0.2, 0.25) is 0 Å². The molecule has 4 aromatic rings. The predicted octanol–water partition coefficient (Wildman–Crippen LogP) is 21.3. The van der Waals surface area contributed by atoms with Gasteiger partial charge in [-0.25, -0.2) is 19.9 Å². The average Bonchev–Trinajstić information content (AvgIpc) is 3.44. The first-order chi connectivity index (χ1) is 37.0. The molecule has 2 aliphatic rings. The fraction of sp³-hybridized carbons (Fsp3) is 0.714. The van der Waals surface area contributed by atoms with Gasteiger partial charge in [-0.2, -0.15) is 0 Å². The van der Waals surface area contributed by atoms with E-state index in [-0.39, 0.29) is 0 Å². The van der Waals surface area contributed by atoms with Crippen LogP contribution < -0.4 is 4.74 Å². The molecule has 0 atom stereocenters. The number of aryl methyl sites for hydroxylation is 4. The summed E-state index contributed by atoms with van der Waals surface area (Å²) < 4.78 is 7.26. The van der Waals surface area contributed by atoms with E-state index in [9.17, 15) is 0 Å². The molecule has 0 radical (unpaired) electrons. The standard InChI is InChI=1S/C70H110N4O/c1-5-9-13-17-21-23-27-31-35-61-53-71-69(72-54-61)63-43-37-59(38-44-63)51-65-49-57(33-29-25-19-15-11-7-3)41-47-67(65)75-68-48-42-58(34-30-26-20-16-12-8-4)50-66(68)52-60-39-45-64(46-40-60)70-73-55-62(56-74-70)36-32-28-24-22-18-14-10-6-2/h41-42,47-50,53-56,59-60,63-64H,5-40,43-46,51-52H2,1-4H3. The van der Waals surface area contributed by atoms with Crippen molar-refractivity contribution in [2.45, 2.75) is 309 Å². The van der Waals surface area contributed by atoms with Gasteiger partial charge in [-0.1, -0.05) is 206 Å². The highest BCUT2D eigenvalue weighted by Gasteiger charge is 2.28. The Kier molecular flexibility index (Phi) is 30.1. The van der Waals surface area contributed by atoms with Gasteiger partial charge in [-0.05, 0) is 173 Å². The molecule has 6 rings (SSSR count). The van der Waals surface area contributed by atoms with Crippen molar-refractivity contribution in [3.05, 3.63) is 106 Å². The van der Waals surface area contributed by atoms with Gasteiger partial charge in [0.05, 0.1) is 0 Å². The zero-order valence-electron chi connectivity index (χ0n) is 49.0. The Morgan fingerprint density at radius 3 is 0.920 bits per heavy atom. The third-order valence-corrected chi connectivity index (χ3v) is 17.6. The summed E-state index contributed by atoms with van der Waals surface area (Å²) >= 11 is 0. The second kappa shape index (κ2) is 37.3. The van der Waals surface area contributed by atoms with E-state index in [0.29, 0.717) is 23.7 Å². The summed E-state index contributed by atoms with van der Waals surface area (Å²) in [6.45, 7) is 9.22. The Balaban J connectivity index is 1.07. The predicted molar refractivity (Wildman–Crippen MR) is 321 cm³/mol. The van der Waals surface area contributed by atoms with Crippen molar-refractivity contribution < 1.29 is 4.74 Å². The maximum absolute atomic E-state index is 7.26. The highest BCUT2D eigenvalue weighted by molar-refractivity contribution is 5.45. The largest absolute Gasteiger partial charge is 0.457 e. The van der Waals surface area contributed by atoms with Crippen LogP contribution >= 0.6 is 0 Å². The van der Waals surface area contributed by atoms with Crippen LogP contribution in [0, 0.1) is 11.8 Å². The summed E-state index contributed by atoms with van der Waals surface area (Å²) in [4.78, 5) is 19.9. The first-order valence-electron chi connectivity index (χ1n) is 32.6. The third kappa shape index (κ3) is 23.5. The van der Waals surface area contributed by atoms with Crippen LogP contribution in [-0.2, 0) is 38.5 Å². The molecule has 0 amide bonds. The summed E-state index contributed by atoms with van der Waals surface area (Å²) in [5.74, 6) is 6.56. The van der Waals surface area contributed by atoms with Crippen molar-refractivity contribution in [1.29, 1.82) is 0 Å². The second-order valence-electron chi connectivity index (χ2n) is 24.2. The van der Waals surface area contributed by atoms with E-state index in [1.165, 1.54) is 265 Å². The Bertz CT molecular complexity index is 1900. The number of benzene rings is 2. The van der Waals surface area contributed by atoms with Crippen LogP contribution in [0.3, 0.4) is 0 Å². The molecular formula is C70H110N4O. The number of hydrogen-bond acceptors (Lipinski definition) is 5. The average molecular weight is 1020 g/mol. The summed E-state index contributed by atoms with van der Waals surface area (Å²) in [7, 11) is 0. The number of aromatic nitrogens is 4. The molecular weight excluding hydrogens is 913 g/mol. The van der Waals surface area contributed by atoms with Crippen molar-refractivity contribution in [2.24, 2.45) is 11.8 Å². The van der Waals surface area contributed by atoms with Gasteiger partial charge in [0.15, 0.2) is 0 Å². The lowest BCUT2D eigenvalue weighted by Crippen LogP contribution is -2.18. The minimum atomic E-state index is 0.475. The molecule has 2 saturated carbocycles. The maximum Gasteiger partial charge on any atom is 0.131 e. The van der Waals surface area contributed by atoms with Crippen molar-refractivity contribution in [3.63, 3.8) is 0 Å². The van der Waals surface area contributed by atoms with Crippen LogP contribution in [-0.4, -0.2) is 19.9 Å². The van der Waals surface area contributed by atoms with Crippen LogP contribution in [0.4, 0.5) is 0 Å². The van der Waals surface area contributed by atoms with Crippen LogP contribution in [0.5, 0.6) is 11.5 Å². The lowest BCUT2D eigenvalue weighted by atomic mass is 9.78. The van der Waals surface area contributed by atoms with E-state index in [0.717, 1.165) is 61.7 Å². The Morgan fingerprint density at radius 1 is 0.333 bits per heavy atom. The van der Waals surface area contributed by atoms with Crippen LogP contribution in [0.1, 0.15) is 316 Å². The number of rotatable bonds is 40. The van der Waals surface area contributed by atoms with Crippen molar-refractivity contribution in [2.75, 3.05) is 0 Å². The van der Waals surface area contributed by atoms with Gasteiger partial charge in [-0.15, -0.1) is 0 Å². The van der Waals surface area contributed by atoms with Crippen LogP contribution in [0.25, 0.3) is 0 Å². The molecule has 2 fully saturated rings. The SMILES string of the molecule is CCCCCCCCCCc1cnc(C2CCC(Cc3cc(CCCCCCCC)ccc3Oc3ccc(CCCCCCCC)cc3CC3CCC(c4ncc(CCCCCCCCCC)cn4)CC3)CC2)nc1. The molecule has 0 bridgehead atoms. The summed E-state index contributed by atoms with van der Waals surface area (Å²) in [5.41, 5.74) is 8.41. The van der Waals surface area contributed by atoms with Gasteiger partial charge in [-0.3, -0.25) is 0 Å². The van der Waals surface area contributed by atoms with E-state index in [4.69, 9.17) is 24.7 Å². The lowest BCUT2D eigenvalue weighted by molar-refractivity contribution is 0.312. The van der Waals surface area contributed by atoms with E-state index in [2.05, 4.69) is 88.9 Å². The minimum absolute atomic E-state index is 0.475. The Morgan fingerprint density at radius 2 is 0.613 bits per heavy atom. The highest BCUT2D eigenvalue weighted by Crippen LogP contribution is 2.41. The fourth-order valence-corrected chi connectivity index (χ4v) is 12.6. The summed E-state index contributed by atoms with van der Waals surface area (Å²) in [5, 5.41) is 0. The first kappa shape index (κ1) is 60.6. The first-order valence-corrected chi connectivity index (χ1v) is 32.6. The molecule has 2 aromatic heterocycles. The quantitative estimate of drug-likeness (QED) is 0.0416. The molecule has 5 nitrogen and oxygen atoms in total. The number of ether oxygens (including phenoxy) is 1. The molecule has 75 heavy (non-hydrogen) atoms. The minimum Gasteiger partial charge on any atom is -0.457 e. The zero-order chi connectivity index (χ0) is 52.4. The van der Waals surface area contributed by atoms with E-state index >= 15 is 0 Å². The molecule has 2 aliphatic carbocycles. The highest BCUT2D eigenvalue weighted by atomic mass is 16.5. The van der Waals surface area contributed by atoms with Gasteiger partial charge in [0.25, 0.3) is 0 Å². The second-order valence-corrected chi connectivity index (χ2v) is 24.2. The van der Waals surface area contributed by atoms with Gasteiger partial charge < -0.3 is 4.74 Å². The fourth-order valence-electron chi connectivity index (χ4n) is 12.6. The molecule has 0 N–H and O–H groups in total.